The molecule has 2 aromatic carbocycles. The molecule has 0 atom stereocenters. The van der Waals surface area contributed by atoms with Crippen molar-refractivity contribution in [2.24, 2.45) is 5.73 Å². The Morgan fingerprint density at radius 3 is 2.81 bits per heavy atom. The lowest BCUT2D eigenvalue weighted by molar-refractivity contribution is 0.1000. The molecule has 4 nitrogen and oxygen atoms in total. The lowest BCUT2D eigenvalue weighted by Gasteiger charge is -2.13. The van der Waals surface area contributed by atoms with Crippen LogP contribution < -0.4 is 11.1 Å². The quantitative estimate of drug-likeness (QED) is 0.789. The molecule has 0 heterocycles. The maximum Gasteiger partial charge on any atom is 0.248 e. The molecular formula is C15H14BrFN2O2. The number of halogens is 2. The fraction of sp³-hybridized carbons (Fsp3) is 0.133. The molecule has 1 amide bonds. The molecule has 110 valence electrons. The van der Waals surface area contributed by atoms with Gasteiger partial charge in [0.1, 0.15) is 11.6 Å². The lowest BCUT2D eigenvalue weighted by Crippen LogP contribution is -2.13. The van der Waals surface area contributed by atoms with Crippen molar-refractivity contribution >= 4 is 27.5 Å². The molecule has 4 N–H and O–H groups in total. The van der Waals surface area contributed by atoms with E-state index in [4.69, 9.17) is 5.73 Å². The number of aromatic hydroxyl groups is 1. The van der Waals surface area contributed by atoms with Gasteiger partial charge in [-0.05, 0) is 41.1 Å². The number of primary amides is 1. The maximum absolute atomic E-state index is 13.8. The summed E-state index contributed by atoms with van der Waals surface area (Å²) < 4.78 is 14.3. The zero-order valence-corrected chi connectivity index (χ0v) is 12.9. The van der Waals surface area contributed by atoms with E-state index >= 15 is 0 Å². The number of hydrogen-bond acceptors (Lipinski definition) is 3. The molecule has 0 unspecified atom stereocenters. The van der Waals surface area contributed by atoms with Crippen LogP contribution in [0.4, 0.5) is 10.1 Å². The second-order valence-electron chi connectivity index (χ2n) is 4.60. The molecule has 2 rings (SSSR count). The number of benzene rings is 2. The van der Waals surface area contributed by atoms with Crippen molar-refractivity contribution in [2.75, 3.05) is 5.32 Å². The molecule has 21 heavy (non-hydrogen) atoms. The number of para-hydroxylation sites is 1. The van der Waals surface area contributed by atoms with Gasteiger partial charge in [-0.1, -0.05) is 12.1 Å². The van der Waals surface area contributed by atoms with Crippen molar-refractivity contribution in [2.45, 2.75) is 13.5 Å². The van der Waals surface area contributed by atoms with Gasteiger partial charge in [0.15, 0.2) is 0 Å². The SMILES string of the molecule is Cc1c(F)cc(C(N)=O)cc1NCc1cccc(Br)c1O. The second-order valence-corrected chi connectivity index (χ2v) is 5.45. The molecule has 0 aliphatic carbocycles. The third kappa shape index (κ3) is 3.33. The normalized spacial score (nSPS) is 10.4. The van der Waals surface area contributed by atoms with E-state index in [1.165, 1.54) is 6.07 Å². The summed E-state index contributed by atoms with van der Waals surface area (Å²) in [5, 5.41) is 12.9. The first-order valence-electron chi connectivity index (χ1n) is 6.20. The number of phenolic OH excluding ortho intramolecular Hbond substituents is 1. The van der Waals surface area contributed by atoms with E-state index < -0.39 is 11.7 Å². The van der Waals surface area contributed by atoms with Gasteiger partial charge >= 0.3 is 0 Å². The lowest BCUT2D eigenvalue weighted by atomic mass is 10.1. The molecule has 0 saturated carbocycles. The summed E-state index contributed by atoms with van der Waals surface area (Å²) in [7, 11) is 0. The van der Waals surface area contributed by atoms with Gasteiger partial charge in [0.2, 0.25) is 5.91 Å². The molecule has 0 aromatic heterocycles. The van der Waals surface area contributed by atoms with E-state index in [0.29, 0.717) is 21.3 Å². The highest BCUT2D eigenvalue weighted by Crippen LogP contribution is 2.28. The van der Waals surface area contributed by atoms with E-state index in [9.17, 15) is 14.3 Å². The molecule has 0 aliphatic rings. The van der Waals surface area contributed by atoms with Crippen LogP contribution in [0.3, 0.4) is 0 Å². The monoisotopic (exact) mass is 352 g/mol. The topological polar surface area (TPSA) is 75.4 Å². The summed E-state index contributed by atoms with van der Waals surface area (Å²) in [6, 6.07) is 7.86. The minimum atomic E-state index is -0.692. The summed E-state index contributed by atoms with van der Waals surface area (Å²) in [5.41, 5.74) is 6.76. The minimum absolute atomic E-state index is 0.0964. The highest BCUT2D eigenvalue weighted by Gasteiger charge is 2.11. The number of hydrogen-bond donors (Lipinski definition) is 3. The first kappa shape index (κ1) is 15.3. The van der Waals surface area contributed by atoms with E-state index in [2.05, 4.69) is 21.2 Å². The van der Waals surface area contributed by atoms with Gasteiger partial charge in [-0.3, -0.25) is 4.79 Å². The smallest absolute Gasteiger partial charge is 0.248 e. The Bertz CT molecular complexity index is 704. The van der Waals surface area contributed by atoms with Crippen molar-refractivity contribution in [1.29, 1.82) is 0 Å². The number of nitrogens with one attached hydrogen (secondary N) is 1. The number of phenols is 1. The summed E-state index contributed by atoms with van der Waals surface area (Å²) in [4.78, 5) is 11.2. The molecule has 0 aliphatic heterocycles. The standard InChI is InChI=1S/C15H14BrFN2O2/c1-8-12(17)5-10(15(18)21)6-13(8)19-7-9-3-2-4-11(16)14(9)20/h2-6,19-20H,7H2,1H3,(H2,18,21). The molecule has 0 spiro atoms. The van der Waals surface area contributed by atoms with E-state index in [1.54, 1.807) is 25.1 Å². The van der Waals surface area contributed by atoms with Gasteiger partial charge in [0.05, 0.1) is 4.47 Å². The molecule has 0 radical (unpaired) electrons. The highest BCUT2D eigenvalue weighted by molar-refractivity contribution is 9.10. The van der Waals surface area contributed by atoms with Crippen LogP contribution in [0.25, 0.3) is 0 Å². The summed E-state index contributed by atoms with van der Waals surface area (Å²) in [6.07, 6.45) is 0. The van der Waals surface area contributed by atoms with Crippen molar-refractivity contribution in [3.63, 3.8) is 0 Å². The van der Waals surface area contributed by atoms with Crippen LogP contribution in [0.1, 0.15) is 21.5 Å². The van der Waals surface area contributed by atoms with Crippen LogP contribution in [0.5, 0.6) is 5.75 Å². The van der Waals surface area contributed by atoms with Gasteiger partial charge < -0.3 is 16.2 Å². The number of amides is 1. The molecule has 0 fully saturated rings. The van der Waals surface area contributed by atoms with Crippen LogP contribution in [0.2, 0.25) is 0 Å². The number of anilines is 1. The third-order valence-corrected chi connectivity index (χ3v) is 3.81. The molecule has 2 aromatic rings. The number of carbonyl (C=O) groups is 1. The minimum Gasteiger partial charge on any atom is -0.506 e. The van der Waals surface area contributed by atoms with E-state index in [-0.39, 0.29) is 17.9 Å². The van der Waals surface area contributed by atoms with Gasteiger partial charge in [0.25, 0.3) is 0 Å². The van der Waals surface area contributed by atoms with Crippen molar-refractivity contribution in [1.82, 2.24) is 0 Å². The Hall–Kier alpha value is -2.08. The first-order valence-corrected chi connectivity index (χ1v) is 6.99. The molecule has 0 bridgehead atoms. The first-order chi connectivity index (χ1) is 9.90. The number of rotatable bonds is 4. The van der Waals surface area contributed by atoms with Gasteiger partial charge in [-0.15, -0.1) is 0 Å². The van der Waals surface area contributed by atoms with Gasteiger partial charge in [-0.2, -0.15) is 0 Å². The molecule has 0 saturated heterocycles. The van der Waals surface area contributed by atoms with Crippen LogP contribution in [-0.4, -0.2) is 11.0 Å². The van der Waals surface area contributed by atoms with Crippen LogP contribution in [-0.2, 0) is 6.54 Å². The fourth-order valence-corrected chi connectivity index (χ4v) is 2.31. The Morgan fingerprint density at radius 1 is 1.43 bits per heavy atom. The van der Waals surface area contributed by atoms with Crippen LogP contribution in [0, 0.1) is 12.7 Å². The van der Waals surface area contributed by atoms with Crippen molar-refractivity contribution in [3.8, 4) is 5.75 Å². The van der Waals surface area contributed by atoms with Gasteiger partial charge in [0, 0.05) is 28.9 Å². The maximum atomic E-state index is 13.8. The fourth-order valence-electron chi connectivity index (χ4n) is 1.90. The zero-order chi connectivity index (χ0) is 15.6. The Labute approximate surface area is 129 Å². The molecule has 6 heteroatoms. The van der Waals surface area contributed by atoms with E-state index in [1.807, 2.05) is 0 Å². The van der Waals surface area contributed by atoms with Crippen molar-refractivity contribution < 1.29 is 14.3 Å². The van der Waals surface area contributed by atoms with Crippen LogP contribution in [0.15, 0.2) is 34.8 Å². The summed E-state index contributed by atoms with van der Waals surface area (Å²) in [6.45, 7) is 1.89. The van der Waals surface area contributed by atoms with Crippen molar-refractivity contribution in [3.05, 3.63) is 57.3 Å². The number of carbonyl (C=O) groups excluding carboxylic acids is 1. The Balaban J connectivity index is 2.27. The van der Waals surface area contributed by atoms with Crippen LogP contribution >= 0.6 is 15.9 Å². The zero-order valence-electron chi connectivity index (χ0n) is 11.3. The van der Waals surface area contributed by atoms with Gasteiger partial charge in [-0.25, -0.2) is 4.39 Å². The predicted molar refractivity (Wildman–Crippen MR) is 82.8 cm³/mol. The average molecular weight is 353 g/mol. The molecular weight excluding hydrogens is 339 g/mol. The predicted octanol–water partition coefficient (Wildman–Crippen LogP) is 3.31. The Morgan fingerprint density at radius 2 is 2.14 bits per heavy atom. The summed E-state index contributed by atoms with van der Waals surface area (Å²) in [5.74, 6) is -1.08. The largest absolute Gasteiger partial charge is 0.506 e. The highest BCUT2D eigenvalue weighted by atomic mass is 79.9. The third-order valence-electron chi connectivity index (χ3n) is 3.17. The summed E-state index contributed by atoms with van der Waals surface area (Å²) >= 11 is 3.23. The second kappa shape index (κ2) is 6.13. The number of nitrogens with two attached hydrogens (primary N) is 1. The average Bonchev–Trinajstić information content (AvgIpc) is 2.44. The van der Waals surface area contributed by atoms with E-state index in [0.717, 1.165) is 6.07 Å². The Kier molecular flexibility index (Phi) is 4.47.